The van der Waals surface area contributed by atoms with Gasteiger partial charge in [-0.25, -0.2) is 8.42 Å². The first-order valence-electron chi connectivity index (χ1n) is 7.01. The van der Waals surface area contributed by atoms with Crippen LogP contribution in [0, 0.1) is 5.41 Å². The van der Waals surface area contributed by atoms with Crippen LogP contribution in [-0.2, 0) is 14.6 Å². The van der Waals surface area contributed by atoms with Crippen LogP contribution in [-0.4, -0.2) is 46.8 Å². The van der Waals surface area contributed by atoms with Crippen LogP contribution < -0.4 is 10.5 Å². The third-order valence-electron chi connectivity index (χ3n) is 4.44. The highest BCUT2D eigenvalue weighted by atomic mass is 32.2. The molecule has 1 aliphatic carbocycles. The Hall–Kier alpha value is -1.11. The van der Waals surface area contributed by atoms with Gasteiger partial charge in [0.05, 0.1) is 19.0 Å². The lowest BCUT2D eigenvalue weighted by Gasteiger charge is -2.14. The molecule has 0 saturated heterocycles. The molecule has 2 rings (SSSR count). The van der Waals surface area contributed by atoms with E-state index in [0.29, 0.717) is 13.2 Å². The van der Waals surface area contributed by atoms with Gasteiger partial charge in [-0.3, -0.25) is 0 Å². The summed E-state index contributed by atoms with van der Waals surface area (Å²) in [4.78, 5) is 0. The average molecular weight is 313 g/mol. The van der Waals surface area contributed by atoms with Crippen LogP contribution in [0.1, 0.15) is 18.4 Å². The first-order chi connectivity index (χ1) is 9.96. The van der Waals surface area contributed by atoms with Crippen LogP contribution in [0.2, 0.25) is 0 Å². The first kappa shape index (κ1) is 16.3. The Balaban J connectivity index is 2.39. The number of ether oxygens (including phenoxy) is 2. The second-order valence-corrected chi connectivity index (χ2v) is 7.90. The zero-order chi connectivity index (χ0) is 15.7. The average Bonchev–Trinajstić information content (AvgIpc) is 3.18. The summed E-state index contributed by atoms with van der Waals surface area (Å²) in [6.45, 7) is 2.32. The summed E-state index contributed by atoms with van der Waals surface area (Å²) in [5.74, 6) is 0.758. The molecule has 3 unspecified atom stereocenters. The first-order valence-corrected chi connectivity index (χ1v) is 8.73. The number of benzene rings is 1. The number of hydrogen-bond acceptors (Lipinski definition) is 5. The normalized spacial score (nSPS) is 28.4. The molecule has 6 heteroatoms. The Kier molecular flexibility index (Phi) is 4.60. The molecule has 0 heterocycles. The van der Waals surface area contributed by atoms with Gasteiger partial charge in [-0.05, 0) is 17.7 Å². The number of rotatable bonds is 7. The van der Waals surface area contributed by atoms with Crippen molar-refractivity contribution in [3.05, 3.63) is 29.8 Å². The van der Waals surface area contributed by atoms with E-state index in [-0.39, 0.29) is 11.7 Å². The Bertz CT molecular complexity index is 584. The van der Waals surface area contributed by atoms with Crippen molar-refractivity contribution in [3.63, 3.8) is 0 Å². The van der Waals surface area contributed by atoms with Gasteiger partial charge in [0.25, 0.3) is 0 Å². The van der Waals surface area contributed by atoms with Crippen molar-refractivity contribution >= 4 is 9.84 Å². The van der Waals surface area contributed by atoms with Gasteiger partial charge < -0.3 is 15.2 Å². The van der Waals surface area contributed by atoms with Crippen molar-refractivity contribution in [1.29, 1.82) is 0 Å². The van der Waals surface area contributed by atoms with Gasteiger partial charge in [0, 0.05) is 30.7 Å². The molecule has 1 aromatic rings. The molecule has 0 aromatic heterocycles. The SMILES string of the molecule is CCS(=O)(=O)C1C(c2ccc(OC)cc2)C1(CN)COC. The van der Waals surface area contributed by atoms with Gasteiger partial charge in [-0.1, -0.05) is 19.1 Å². The zero-order valence-corrected chi connectivity index (χ0v) is 13.5. The number of hydrogen-bond donors (Lipinski definition) is 1. The van der Waals surface area contributed by atoms with Crippen LogP contribution in [0.15, 0.2) is 24.3 Å². The van der Waals surface area contributed by atoms with E-state index < -0.39 is 20.5 Å². The maximum absolute atomic E-state index is 12.4. The molecule has 0 radical (unpaired) electrons. The molecular weight excluding hydrogens is 290 g/mol. The molecule has 0 bridgehead atoms. The molecule has 1 aromatic carbocycles. The minimum Gasteiger partial charge on any atom is -0.497 e. The third kappa shape index (κ3) is 2.67. The Morgan fingerprint density at radius 1 is 1.24 bits per heavy atom. The number of nitrogens with two attached hydrogens (primary N) is 1. The smallest absolute Gasteiger partial charge is 0.154 e. The summed E-state index contributed by atoms with van der Waals surface area (Å²) in [7, 11) is 0.0114. The summed E-state index contributed by atoms with van der Waals surface area (Å²) in [5, 5.41) is -0.464. The van der Waals surface area contributed by atoms with Crippen molar-refractivity contribution in [2.75, 3.05) is 33.1 Å². The molecule has 1 fully saturated rings. The molecule has 5 nitrogen and oxygen atoms in total. The fourth-order valence-electron chi connectivity index (χ4n) is 3.26. The molecular formula is C15H23NO4S. The van der Waals surface area contributed by atoms with E-state index in [1.54, 1.807) is 21.1 Å². The van der Waals surface area contributed by atoms with E-state index in [1.807, 2.05) is 24.3 Å². The van der Waals surface area contributed by atoms with Crippen molar-refractivity contribution in [3.8, 4) is 5.75 Å². The van der Waals surface area contributed by atoms with Crippen molar-refractivity contribution in [2.45, 2.75) is 18.1 Å². The van der Waals surface area contributed by atoms with Crippen molar-refractivity contribution in [2.24, 2.45) is 11.1 Å². The maximum Gasteiger partial charge on any atom is 0.154 e. The quantitative estimate of drug-likeness (QED) is 0.818. The van der Waals surface area contributed by atoms with E-state index >= 15 is 0 Å². The molecule has 1 saturated carbocycles. The monoisotopic (exact) mass is 313 g/mol. The third-order valence-corrected chi connectivity index (χ3v) is 6.76. The molecule has 2 N–H and O–H groups in total. The predicted octanol–water partition coefficient (Wildman–Crippen LogP) is 1.19. The Labute approximate surface area is 126 Å². The van der Waals surface area contributed by atoms with Gasteiger partial charge in [-0.2, -0.15) is 0 Å². The summed E-state index contributed by atoms with van der Waals surface area (Å²) < 4.78 is 35.2. The standard InChI is InChI=1S/C15H23NO4S/c1-4-21(17,18)14-13(15(14,9-16)10-19-2)11-5-7-12(20-3)8-6-11/h5-8,13-14H,4,9-10,16H2,1-3H3. The lowest BCUT2D eigenvalue weighted by atomic mass is 10.00. The van der Waals surface area contributed by atoms with Gasteiger partial charge >= 0.3 is 0 Å². The van der Waals surface area contributed by atoms with Gasteiger partial charge in [0.1, 0.15) is 5.75 Å². The summed E-state index contributed by atoms with van der Waals surface area (Å²) in [6.07, 6.45) is 0. The van der Waals surface area contributed by atoms with Crippen molar-refractivity contribution in [1.82, 2.24) is 0 Å². The lowest BCUT2D eigenvalue weighted by Crippen LogP contribution is -2.28. The lowest BCUT2D eigenvalue weighted by molar-refractivity contribution is 0.142. The van der Waals surface area contributed by atoms with Crippen molar-refractivity contribution < 1.29 is 17.9 Å². The summed E-state index contributed by atoms with van der Waals surface area (Å²) in [5.41, 5.74) is 6.37. The van der Waals surface area contributed by atoms with E-state index in [4.69, 9.17) is 15.2 Å². The van der Waals surface area contributed by atoms with E-state index in [0.717, 1.165) is 11.3 Å². The highest BCUT2D eigenvalue weighted by Crippen LogP contribution is 2.62. The minimum atomic E-state index is -3.17. The van der Waals surface area contributed by atoms with Gasteiger partial charge in [-0.15, -0.1) is 0 Å². The molecule has 0 aliphatic heterocycles. The van der Waals surface area contributed by atoms with E-state index in [2.05, 4.69) is 0 Å². The fourth-order valence-corrected chi connectivity index (χ4v) is 5.41. The van der Waals surface area contributed by atoms with Crippen LogP contribution in [0.3, 0.4) is 0 Å². The number of sulfone groups is 1. The summed E-state index contributed by atoms with van der Waals surface area (Å²) >= 11 is 0. The van der Waals surface area contributed by atoms with Gasteiger partial charge in [0.15, 0.2) is 9.84 Å². The molecule has 0 amide bonds. The van der Waals surface area contributed by atoms with Gasteiger partial charge in [0.2, 0.25) is 0 Å². The topological polar surface area (TPSA) is 78.6 Å². The van der Waals surface area contributed by atoms with Crippen LogP contribution in [0.4, 0.5) is 0 Å². The molecule has 3 atom stereocenters. The second kappa shape index (κ2) is 5.94. The summed E-state index contributed by atoms with van der Waals surface area (Å²) in [6, 6.07) is 7.51. The van der Waals surface area contributed by atoms with E-state index in [1.165, 1.54) is 0 Å². The van der Waals surface area contributed by atoms with E-state index in [9.17, 15) is 8.42 Å². The molecule has 118 valence electrons. The maximum atomic E-state index is 12.4. The molecule has 21 heavy (non-hydrogen) atoms. The highest BCUT2D eigenvalue weighted by molar-refractivity contribution is 7.92. The zero-order valence-electron chi connectivity index (χ0n) is 12.7. The molecule has 0 spiro atoms. The Morgan fingerprint density at radius 3 is 2.29 bits per heavy atom. The minimum absolute atomic E-state index is 0.113. The fraction of sp³-hybridized carbons (Fsp3) is 0.600. The predicted molar refractivity (Wildman–Crippen MR) is 82.3 cm³/mol. The highest BCUT2D eigenvalue weighted by Gasteiger charge is 2.69. The largest absolute Gasteiger partial charge is 0.497 e. The molecule has 1 aliphatic rings. The van der Waals surface area contributed by atoms with Crippen LogP contribution >= 0.6 is 0 Å². The van der Waals surface area contributed by atoms with Crippen LogP contribution in [0.5, 0.6) is 5.75 Å². The van der Waals surface area contributed by atoms with Crippen LogP contribution in [0.25, 0.3) is 0 Å². The second-order valence-electron chi connectivity index (χ2n) is 5.49. The Morgan fingerprint density at radius 2 is 1.86 bits per heavy atom. The number of methoxy groups -OCH3 is 2.